The van der Waals surface area contributed by atoms with E-state index in [4.69, 9.17) is 13.9 Å². The molecule has 1 unspecified atom stereocenters. The van der Waals surface area contributed by atoms with Crippen LogP contribution in [0.1, 0.15) is 55.0 Å². The van der Waals surface area contributed by atoms with Gasteiger partial charge in [0.15, 0.2) is 6.10 Å². The van der Waals surface area contributed by atoms with E-state index in [2.05, 4.69) is 10.2 Å². The first-order valence-corrected chi connectivity index (χ1v) is 13.0. The van der Waals surface area contributed by atoms with Gasteiger partial charge in [-0.15, -0.1) is 21.5 Å². The molecule has 3 aromatic rings. The van der Waals surface area contributed by atoms with Crippen LogP contribution in [0.4, 0.5) is 0 Å². The summed E-state index contributed by atoms with van der Waals surface area (Å²) in [5, 5.41) is 9.85. The van der Waals surface area contributed by atoms with Gasteiger partial charge in [-0.2, -0.15) is 4.31 Å². The van der Waals surface area contributed by atoms with Crippen molar-refractivity contribution < 1.29 is 27.1 Å². The summed E-state index contributed by atoms with van der Waals surface area (Å²) < 4.78 is 44.5. The fourth-order valence-electron chi connectivity index (χ4n) is 3.60. The number of methoxy groups -OCH3 is 1. The fraction of sp³-hybridized carbons (Fsp3) is 0.409. The van der Waals surface area contributed by atoms with Crippen LogP contribution >= 0.6 is 11.3 Å². The minimum absolute atomic E-state index is 0.0493. The number of ether oxygens (including phenoxy) is 2. The van der Waals surface area contributed by atoms with Gasteiger partial charge >= 0.3 is 5.97 Å². The predicted molar refractivity (Wildman–Crippen MR) is 122 cm³/mol. The Labute approximate surface area is 196 Å². The highest BCUT2D eigenvalue weighted by atomic mass is 32.2. The van der Waals surface area contributed by atoms with Crippen LogP contribution in [0.25, 0.3) is 10.8 Å². The van der Waals surface area contributed by atoms with Crippen molar-refractivity contribution in [3.63, 3.8) is 0 Å². The number of carbonyl (C=O) groups is 1. The average molecular weight is 492 g/mol. The van der Waals surface area contributed by atoms with Gasteiger partial charge in [-0.05, 0) is 49.4 Å². The molecule has 1 saturated heterocycles. The quantitative estimate of drug-likeness (QED) is 0.450. The number of rotatable bonds is 7. The lowest BCUT2D eigenvalue weighted by atomic mass is 10.2. The van der Waals surface area contributed by atoms with Crippen LogP contribution < -0.4 is 4.74 Å². The zero-order valence-corrected chi connectivity index (χ0v) is 20.0. The largest absolute Gasteiger partial charge is 0.495 e. The minimum atomic E-state index is -3.83. The second kappa shape index (κ2) is 10.0. The molecule has 3 heterocycles. The molecule has 0 saturated carbocycles. The monoisotopic (exact) mass is 491 g/mol. The Morgan fingerprint density at radius 3 is 2.58 bits per heavy atom. The van der Waals surface area contributed by atoms with Gasteiger partial charge in [0.1, 0.15) is 10.6 Å². The van der Waals surface area contributed by atoms with E-state index in [1.54, 1.807) is 6.92 Å². The molecule has 4 rings (SSSR count). The summed E-state index contributed by atoms with van der Waals surface area (Å²) in [6.45, 7) is 2.50. The van der Waals surface area contributed by atoms with Gasteiger partial charge in [0.2, 0.25) is 10.0 Å². The molecule has 0 bridgehead atoms. The number of hydrogen-bond donors (Lipinski definition) is 0. The summed E-state index contributed by atoms with van der Waals surface area (Å²) in [6, 6.07) is 7.96. The first-order valence-electron chi connectivity index (χ1n) is 10.7. The van der Waals surface area contributed by atoms with Crippen molar-refractivity contribution in [2.45, 2.75) is 43.6 Å². The molecule has 11 heteroatoms. The van der Waals surface area contributed by atoms with E-state index in [0.29, 0.717) is 19.0 Å². The SMILES string of the molecule is COc1ccc(C(=O)OC(C)c2nnc(-c3cccs3)o2)cc1S(=O)(=O)N1CCCCCC1. The molecule has 0 radical (unpaired) electrons. The topological polar surface area (TPSA) is 112 Å². The number of sulfonamides is 1. The molecular weight excluding hydrogens is 466 g/mol. The van der Waals surface area contributed by atoms with Crippen LogP contribution in [0.5, 0.6) is 5.75 Å². The number of hydrogen-bond acceptors (Lipinski definition) is 9. The summed E-state index contributed by atoms with van der Waals surface area (Å²) >= 11 is 1.46. The lowest BCUT2D eigenvalue weighted by molar-refractivity contribution is 0.0279. The van der Waals surface area contributed by atoms with Crippen molar-refractivity contribution in [1.82, 2.24) is 14.5 Å². The summed E-state index contributed by atoms with van der Waals surface area (Å²) in [6.07, 6.45) is 2.79. The Morgan fingerprint density at radius 1 is 1.15 bits per heavy atom. The standard InChI is InChI=1S/C22H25N3O6S2/c1-15(20-23-24-21(31-20)18-8-7-13-32-18)30-22(26)16-9-10-17(29-2)19(14-16)33(27,28)25-11-5-3-4-6-12-25/h7-10,13-15H,3-6,11-12H2,1-2H3. The molecule has 33 heavy (non-hydrogen) atoms. The van der Waals surface area contributed by atoms with Gasteiger partial charge in [-0.3, -0.25) is 0 Å². The van der Waals surface area contributed by atoms with Crippen LogP contribution in [-0.4, -0.2) is 49.1 Å². The van der Waals surface area contributed by atoms with Gasteiger partial charge in [-0.25, -0.2) is 13.2 Å². The van der Waals surface area contributed by atoms with Crippen molar-refractivity contribution in [3.05, 3.63) is 47.2 Å². The number of nitrogens with zero attached hydrogens (tertiary/aromatic N) is 3. The van der Waals surface area contributed by atoms with E-state index in [9.17, 15) is 13.2 Å². The fourth-order valence-corrected chi connectivity index (χ4v) is 5.95. The molecule has 0 aliphatic carbocycles. The third-order valence-corrected chi connectivity index (χ3v) is 8.16. The Balaban J connectivity index is 1.54. The van der Waals surface area contributed by atoms with E-state index >= 15 is 0 Å². The molecule has 1 atom stereocenters. The lowest BCUT2D eigenvalue weighted by Crippen LogP contribution is -2.32. The van der Waals surface area contributed by atoms with E-state index in [1.807, 2.05) is 17.5 Å². The van der Waals surface area contributed by atoms with Crippen LogP contribution in [0.2, 0.25) is 0 Å². The van der Waals surface area contributed by atoms with E-state index in [0.717, 1.165) is 30.6 Å². The van der Waals surface area contributed by atoms with Crippen LogP contribution in [-0.2, 0) is 14.8 Å². The number of benzene rings is 1. The Hall–Kier alpha value is -2.76. The zero-order valence-electron chi connectivity index (χ0n) is 18.4. The number of aromatic nitrogens is 2. The molecule has 0 N–H and O–H groups in total. The lowest BCUT2D eigenvalue weighted by Gasteiger charge is -2.21. The maximum absolute atomic E-state index is 13.3. The maximum atomic E-state index is 13.3. The highest BCUT2D eigenvalue weighted by Gasteiger charge is 2.30. The second-order valence-electron chi connectivity index (χ2n) is 7.65. The Kier molecular flexibility index (Phi) is 7.11. The van der Waals surface area contributed by atoms with Gasteiger partial charge in [0, 0.05) is 13.1 Å². The maximum Gasteiger partial charge on any atom is 0.338 e. The normalized spacial score (nSPS) is 16.2. The third-order valence-electron chi connectivity index (χ3n) is 5.39. The first-order chi connectivity index (χ1) is 15.9. The Morgan fingerprint density at radius 2 is 1.91 bits per heavy atom. The van der Waals surface area contributed by atoms with Crippen LogP contribution in [0.15, 0.2) is 45.0 Å². The van der Waals surface area contributed by atoms with Crippen molar-refractivity contribution in [1.29, 1.82) is 0 Å². The number of esters is 1. The van der Waals surface area contributed by atoms with Crippen LogP contribution in [0.3, 0.4) is 0 Å². The molecule has 9 nitrogen and oxygen atoms in total. The van der Waals surface area contributed by atoms with Crippen LogP contribution in [0, 0.1) is 0 Å². The van der Waals surface area contributed by atoms with Gasteiger partial charge in [0.05, 0.1) is 17.6 Å². The molecule has 1 aliphatic heterocycles. The molecule has 2 aromatic heterocycles. The molecule has 0 spiro atoms. The molecule has 0 amide bonds. The van der Waals surface area contributed by atoms with Gasteiger partial charge in [-0.1, -0.05) is 18.9 Å². The minimum Gasteiger partial charge on any atom is -0.495 e. The van der Waals surface area contributed by atoms with Crippen molar-refractivity contribution >= 4 is 27.3 Å². The number of carbonyl (C=O) groups excluding carboxylic acids is 1. The highest BCUT2D eigenvalue weighted by molar-refractivity contribution is 7.89. The molecular formula is C22H25N3O6S2. The first kappa shape index (κ1) is 23.4. The highest BCUT2D eigenvalue weighted by Crippen LogP contribution is 2.31. The molecule has 1 aliphatic rings. The van der Waals surface area contributed by atoms with Gasteiger partial charge < -0.3 is 13.9 Å². The van der Waals surface area contributed by atoms with Crippen molar-refractivity contribution in [3.8, 4) is 16.5 Å². The van der Waals surface area contributed by atoms with Crippen molar-refractivity contribution in [2.75, 3.05) is 20.2 Å². The average Bonchev–Trinajstić information content (AvgIpc) is 3.45. The summed E-state index contributed by atoms with van der Waals surface area (Å²) in [5.41, 5.74) is 0.0917. The van der Waals surface area contributed by atoms with Crippen molar-refractivity contribution in [2.24, 2.45) is 0 Å². The summed E-state index contributed by atoms with van der Waals surface area (Å²) in [7, 11) is -2.43. The van der Waals surface area contributed by atoms with E-state index in [1.165, 1.54) is 41.0 Å². The van der Waals surface area contributed by atoms with E-state index in [-0.39, 0.29) is 22.1 Å². The summed E-state index contributed by atoms with van der Waals surface area (Å²) in [5.74, 6) is -0.0227. The smallest absolute Gasteiger partial charge is 0.338 e. The second-order valence-corrected chi connectivity index (χ2v) is 10.5. The number of thiophene rings is 1. The third kappa shape index (κ3) is 5.10. The molecule has 1 fully saturated rings. The van der Waals surface area contributed by atoms with Gasteiger partial charge in [0.25, 0.3) is 11.8 Å². The Bertz CT molecular complexity index is 1200. The van der Waals surface area contributed by atoms with E-state index < -0.39 is 22.1 Å². The molecule has 1 aromatic carbocycles. The summed E-state index contributed by atoms with van der Waals surface area (Å²) in [4.78, 5) is 13.6. The zero-order chi connectivity index (χ0) is 23.4. The predicted octanol–water partition coefficient (Wildman–Crippen LogP) is 4.29. The molecule has 176 valence electrons.